The molecule has 0 atom stereocenters. The Morgan fingerprint density at radius 2 is 1.73 bits per heavy atom. The predicted octanol–water partition coefficient (Wildman–Crippen LogP) is 5.31. The molecule has 26 heavy (non-hydrogen) atoms. The number of hydrogen-bond donors (Lipinski definition) is 0. The Balaban J connectivity index is 2.05. The van der Waals surface area contributed by atoms with E-state index in [1.54, 1.807) is 6.20 Å². The zero-order valence-corrected chi connectivity index (χ0v) is 16.1. The topological polar surface area (TPSA) is 39.0 Å². The van der Waals surface area contributed by atoms with E-state index in [1.807, 2.05) is 62.4 Å². The maximum atomic E-state index is 13.5. The summed E-state index contributed by atoms with van der Waals surface area (Å²) in [6, 6.07) is 15.7. The molecule has 0 radical (unpaired) electrons. The normalized spacial score (nSPS) is 18.0. The van der Waals surface area contributed by atoms with Gasteiger partial charge in [-0.2, -0.15) is 4.74 Å². The standard InChI is InChI=1S/C22H21ClN2O/c1-21(2)18-12-16(23)9-10-17(18)20(25(26)22(21,3)4)15-11-14-7-5-6-8-19(14)24-13-15/h5-13H,1-4H3. The van der Waals surface area contributed by atoms with Crippen molar-refractivity contribution in [1.29, 1.82) is 0 Å². The van der Waals surface area contributed by atoms with Crippen LogP contribution in [0.15, 0.2) is 54.7 Å². The first-order valence-corrected chi connectivity index (χ1v) is 9.11. The summed E-state index contributed by atoms with van der Waals surface area (Å²) in [5, 5.41) is 15.2. The summed E-state index contributed by atoms with van der Waals surface area (Å²) in [6.07, 6.45) is 1.79. The Morgan fingerprint density at radius 1 is 1.00 bits per heavy atom. The molecule has 2 aromatic carbocycles. The van der Waals surface area contributed by atoms with Gasteiger partial charge in [0.05, 0.1) is 22.1 Å². The summed E-state index contributed by atoms with van der Waals surface area (Å²) in [7, 11) is 0. The highest BCUT2D eigenvalue weighted by Crippen LogP contribution is 2.44. The van der Waals surface area contributed by atoms with Gasteiger partial charge in [0.2, 0.25) is 5.71 Å². The van der Waals surface area contributed by atoms with Crippen LogP contribution in [-0.4, -0.2) is 21.0 Å². The molecule has 0 saturated heterocycles. The van der Waals surface area contributed by atoms with Crippen molar-refractivity contribution in [3.8, 4) is 0 Å². The Kier molecular flexibility index (Phi) is 3.64. The lowest BCUT2D eigenvalue weighted by Gasteiger charge is -2.44. The first kappa shape index (κ1) is 17.0. The van der Waals surface area contributed by atoms with Crippen molar-refractivity contribution in [3.63, 3.8) is 0 Å². The summed E-state index contributed by atoms with van der Waals surface area (Å²) in [6.45, 7) is 8.17. The van der Waals surface area contributed by atoms with Gasteiger partial charge in [-0.15, -0.1) is 0 Å². The lowest BCUT2D eigenvalue weighted by Crippen LogP contribution is -2.55. The predicted molar refractivity (Wildman–Crippen MR) is 107 cm³/mol. The SMILES string of the molecule is CC1(C)c2cc(Cl)ccc2C(c2cnc3ccccc3c2)=[N+]([O-])C1(C)C. The van der Waals surface area contributed by atoms with Gasteiger partial charge in [-0.1, -0.05) is 29.8 Å². The maximum absolute atomic E-state index is 13.5. The van der Waals surface area contributed by atoms with Gasteiger partial charge in [0.1, 0.15) is 0 Å². The molecule has 3 aromatic rings. The van der Waals surface area contributed by atoms with E-state index in [-0.39, 0.29) is 5.41 Å². The molecule has 2 heterocycles. The number of fused-ring (bicyclic) bond motifs is 2. The van der Waals surface area contributed by atoms with Crippen LogP contribution in [0.25, 0.3) is 10.9 Å². The van der Waals surface area contributed by atoms with Gasteiger partial charge in [-0.25, -0.2) is 0 Å². The van der Waals surface area contributed by atoms with Crippen molar-refractivity contribution in [3.05, 3.63) is 81.6 Å². The number of aromatic nitrogens is 1. The molecule has 4 heteroatoms. The monoisotopic (exact) mass is 364 g/mol. The molecule has 132 valence electrons. The molecule has 0 spiro atoms. The first-order chi connectivity index (χ1) is 12.2. The highest BCUT2D eigenvalue weighted by Gasteiger charge is 2.52. The van der Waals surface area contributed by atoms with Gasteiger partial charge in [0.25, 0.3) is 0 Å². The molecule has 0 unspecified atom stereocenters. The molecule has 1 aliphatic rings. The number of para-hydroxylation sites is 1. The molecule has 1 aliphatic heterocycles. The summed E-state index contributed by atoms with van der Waals surface area (Å²) >= 11 is 6.29. The van der Waals surface area contributed by atoms with Crippen molar-refractivity contribution < 1.29 is 4.74 Å². The van der Waals surface area contributed by atoms with Gasteiger partial charge in [0.15, 0.2) is 5.54 Å². The zero-order valence-electron chi connectivity index (χ0n) is 15.4. The molecule has 0 aliphatic carbocycles. The Bertz CT molecular complexity index is 1070. The van der Waals surface area contributed by atoms with Gasteiger partial charge in [-0.3, -0.25) is 4.98 Å². The van der Waals surface area contributed by atoms with Crippen molar-refractivity contribution in [2.45, 2.75) is 38.6 Å². The van der Waals surface area contributed by atoms with Crippen LogP contribution in [0.1, 0.15) is 44.4 Å². The summed E-state index contributed by atoms with van der Waals surface area (Å²) < 4.78 is 1.15. The van der Waals surface area contributed by atoms with E-state index in [4.69, 9.17) is 11.6 Å². The van der Waals surface area contributed by atoms with Crippen molar-refractivity contribution in [2.75, 3.05) is 0 Å². The van der Waals surface area contributed by atoms with Gasteiger partial charge in [0, 0.05) is 30.5 Å². The number of halogens is 1. The molecule has 4 rings (SSSR count). The summed E-state index contributed by atoms with van der Waals surface area (Å²) in [5.74, 6) is 0. The van der Waals surface area contributed by atoms with Gasteiger partial charge < -0.3 is 5.21 Å². The van der Waals surface area contributed by atoms with E-state index >= 15 is 0 Å². The van der Waals surface area contributed by atoms with E-state index in [1.165, 1.54) is 0 Å². The highest BCUT2D eigenvalue weighted by atomic mass is 35.5. The molecular formula is C22H21ClN2O. The van der Waals surface area contributed by atoms with E-state index in [2.05, 4.69) is 18.8 Å². The third-order valence-corrected chi connectivity index (χ3v) is 6.25. The van der Waals surface area contributed by atoms with E-state index in [9.17, 15) is 5.21 Å². The molecule has 0 saturated carbocycles. The summed E-state index contributed by atoms with van der Waals surface area (Å²) in [4.78, 5) is 4.55. The Morgan fingerprint density at radius 3 is 2.50 bits per heavy atom. The fourth-order valence-corrected chi connectivity index (χ4v) is 3.86. The fraction of sp³-hybridized carbons (Fsp3) is 0.273. The van der Waals surface area contributed by atoms with Crippen LogP contribution in [-0.2, 0) is 5.41 Å². The number of pyridine rings is 1. The van der Waals surface area contributed by atoms with Gasteiger partial charge in [-0.05, 0) is 49.7 Å². The average molecular weight is 365 g/mol. The zero-order chi connectivity index (χ0) is 18.7. The third kappa shape index (κ3) is 2.27. The van der Waals surface area contributed by atoms with Crippen LogP contribution < -0.4 is 0 Å². The molecule has 3 nitrogen and oxygen atoms in total. The number of hydroxylamine groups is 1. The van der Waals surface area contributed by atoms with E-state index in [0.29, 0.717) is 10.7 Å². The Labute approximate surface area is 158 Å². The van der Waals surface area contributed by atoms with Crippen LogP contribution in [0.3, 0.4) is 0 Å². The minimum Gasteiger partial charge on any atom is -0.623 e. The molecular weight excluding hydrogens is 344 g/mol. The molecule has 0 amide bonds. The molecule has 0 N–H and O–H groups in total. The average Bonchev–Trinajstić information content (AvgIpc) is 2.61. The molecule has 1 aromatic heterocycles. The van der Waals surface area contributed by atoms with Crippen molar-refractivity contribution >= 4 is 28.2 Å². The highest BCUT2D eigenvalue weighted by molar-refractivity contribution is 6.31. The minimum absolute atomic E-state index is 0.358. The van der Waals surface area contributed by atoms with Crippen LogP contribution >= 0.6 is 11.6 Å². The number of hydrogen-bond acceptors (Lipinski definition) is 2. The molecule has 0 fully saturated rings. The smallest absolute Gasteiger partial charge is 0.227 e. The summed E-state index contributed by atoms with van der Waals surface area (Å²) in [5.41, 5.74) is 3.41. The number of nitrogens with zero attached hydrogens (tertiary/aromatic N) is 2. The quantitative estimate of drug-likeness (QED) is 0.433. The van der Waals surface area contributed by atoms with Crippen molar-refractivity contribution in [2.24, 2.45) is 0 Å². The molecule has 0 bridgehead atoms. The first-order valence-electron chi connectivity index (χ1n) is 8.73. The van der Waals surface area contributed by atoms with E-state index in [0.717, 1.165) is 32.3 Å². The lowest BCUT2D eigenvalue weighted by molar-refractivity contribution is -0.555. The number of rotatable bonds is 1. The van der Waals surface area contributed by atoms with Crippen LogP contribution in [0, 0.1) is 5.21 Å². The second-order valence-electron chi connectivity index (χ2n) is 7.93. The van der Waals surface area contributed by atoms with Crippen molar-refractivity contribution in [1.82, 2.24) is 4.98 Å². The maximum Gasteiger partial charge on any atom is 0.227 e. The third-order valence-electron chi connectivity index (χ3n) is 6.01. The second-order valence-corrected chi connectivity index (χ2v) is 8.37. The lowest BCUT2D eigenvalue weighted by atomic mass is 9.65. The van der Waals surface area contributed by atoms with Gasteiger partial charge >= 0.3 is 0 Å². The van der Waals surface area contributed by atoms with Crippen LogP contribution in [0.2, 0.25) is 5.02 Å². The Hall–Kier alpha value is -2.39. The second kappa shape index (κ2) is 5.55. The van der Waals surface area contributed by atoms with Crippen LogP contribution in [0.4, 0.5) is 0 Å². The largest absolute Gasteiger partial charge is 0.623 e. The van der Waals surface area contributed by atoms with E-state index < -0.39 is 5.54 Å². The minimum atomic E-state index is -0.633. The number of benzene rings is 2. The van der Waals surface area contributed by atoms with Crippen LogP contribution in [0.5, 0.6) is 0 Å². The fourth-order valence-electron chi connectivity index (χ4n) is 3.69.